The Morgan fingerprint density at radius 2 is 1.33 bits per heavy atom. The third-order valence-electron chi connectivity index (χ3n) is 3.54. The lowest BCUT2D eigenvalue weighted by molar-refractivity contribution is 0.0970. The van der Waals surface area contributed by atoms with Crippen LogP contribution in [0, 0.1) is 17.5 Å². The fourth-order valence-corrected chi connectivity index (χ4v) is 2.35. The minimum atomic E-state index is -1.11. The SMILES string of the molecule is CCCCCCCCCCC(=O)c1c(F)cc(F)cc1F. The molecule has 0 saturated carbocycles. The van der Waals surface area contributed by atoms with Crippen LogP contribution in [-0.2, 0) is 0 Å². The summed E-state index contributed by atoms with van der Waals surface area (Å²) in [6, 6.07) is 1.09. The smallest absolute Gasteiger partial charge is 0.168 e. The molecule has 0 N–H and O–H groups in total. The number of unbranched alkanes of at least 4 members (excludes halogenated alkanes) is 7. The van der Waals surface area contributed by atoms with Gasteiger partial charge in [0, 0.05) is 18.6 Å². The zero-order valence-electron chi connectivity index (χ0n) is 12.6. The van der Waals surface area contributed by atoms with E-state index in [4.69, 9.17) is 0 Å². The molecule has 1 aromatic carbocycles. The van der Waals surface area contributed by atoms with Crippen LogP contribution in [0.1, 0.15) is 75.1 Å². The molecule has 0 aromatic heterocycles. The van der Waals surface area contributed by atoms with Gasteiger partial charge in [0.15, 0.2) is 5.78 Å². The van der Waals surface area contributed by atoms with E-state index in [0.717, 1.165) is 19.3 Å². The van der Waals surface area contributed by atoms with E-state index in [-0.39, 0.29) is 6.42 Å². The van der Waals surface area contributed by atoms with Gasteiger partial charge in [-0.25, -0.2) is 13.2 Å². The van der Waals surface area contributed by atoms with Crippen LogP contribution < -0.4 is 0 Å². The quantitative estimate of drug-likeness (QED) is 0.393. The van der Waals surface area contributed by atoms with Crippen molar-refractivity contribution in [3.8, 4) is 0 Å². The number of hydrogen-bond acceptors (Lipinski definition) is 1. The highest BCUT2D eigenvalue weighted by Crippen LogP contribution is 2.18. The Labute approximate surface area is 124 Å². The summed E-state index contributed by atoms with van der Waals surface area (Å²) in [6.07, 6.45) is 8.66. The van der Waals surface area contributed by atoms with Crippen molar-refractivity contribution in [2.45, 2.75) is 64.7 Å². The molecule has 0 aliphatic rings. The number of ketones is 1. The first-order valence-corrected chi connectivity index (χ1v) is 7.74. The minimum absolute atomic E-state index is 0.106. The average Bonchev–Trinajstić information content (AvgIpc) is 2.40. The molecule has 0 spiro atoms. The van der Waals surface area contributed by atoms with E-state index in [1.54, 1.807) is 0 Å². The maximum absolute atomic E-state index is 13.4. The van der Waals surface area contributed by atoms with Crippen LogP contribution in [0.4, 0.5) is 13.2 Å². The Hall–Kier alpha value is -1.32. The van der Waals surface area contributed by atoms with Gasteiger partial charge in [0.25, 0.3) is 0 Å². The van der Waals surface area contributed by atoms with Crippen molar-refractivity contribution in [1.82, 2.24) is 0 Å². The van der Waals surface area contributed by atoms with E-state index in [0.29, 0.717) is 18.6 Å². The molecule has 0 aliphatic heterocycles. The third-order valence-corrected chi connectivity index (χ3v) is 3.54. The fourth-order valence-electron chi connectivity index (χ4n) is 2.35. The summed E-state index contributed by atoms with van der Waals surface area (Å²) in [4.78, 5) is 11.8. The number of hydrogen-bond donors (Lipinski definition) is 0. The summed E-state index contributed by atoms with van der Waals surface area (Å²) in [7, 11) is 0. The third kappa shape index (κ3) is 6.32. The van der Waals surface area contributed by atoms with E-state index in [1.165, 1.54) is 25.7 Å². The van der Waals surface area contributed by atoms with Gasteiger partial charge in [-0.1, -0.05) is 51.9 Å². The Morgan fingerprint density at radius 3 is 1.86 bits per heavy atom. The van der Waals surface area contributed by atoms with E-state index < -0.39 is 28.8 Å². The molecule has 0 bridgehead atoms. The predicted molar refractivity (Wildman–Crippen MR) is 77.9 cm³/mol. The summed E-state index contributed by atoms with van der Waals surface area (Å²) >= 11 is 0. The van der Waals surface area contributed by atoms with Gasteiger partial charge in [-0.15, -0.1) is 0 Å². The van der Waals surface area contributed by atoms with Crippen LogP contribution in [0.15, 0.2) is 12.1 Å². The van der Waals surface area contributed by atoms with Gasteiger partial charge in [0.2, 0.25) is 0 Å². The van der Waals surface area contributed by atoms with Gasteiger partial charge >= 0.3 is 0 Å². The highest BCUT2D eigenvalue weighted by Gasteiger charge is 2.18. The van der Waals surface area contributed by atoms with Gasteiger partial charge in [-0.2, -0.15) is 0 Å². The molecular weight excluding hydrogens is 277 g/mol. The topological polar surface area (TPSA) is 17.1 Å². The maximum atomic E-state index is 13.4. The molecule has 0 radical (unpaired) electrons. The van der Waals surface area contributed by atoms with Gasteiger partial charge in [0.1, 0.15) is 17.5 Å². The first kappa shape index (κ1) is 17.7. The lowest BCUT2D eigenvalue weighted by Gasteiger charge is -2.05. The van der Waals surface area contributed by atoms with Crippen LogP contribution in [0.5, 0.6) is 0 Å². The second-order valence-electron chi connectivity index (χ2n) is 5.39. The molecular formula is C17H23F3O. The summed E-state index contributed by atoms with van der Waals surface area (Å²) in [5.74, 6) is -3.82. The number of carbonyl (C=O) groups excluding carboxylic acids is 1. The molecule has 0 aliphatic carbocycles. The minimum Gasteiger partial charge on any atom is -0.294 e. The Balaban J connectivity index is 2.29. The zero-order valence-corrected chi connectivity index (χ0v) is 12.6. The molecule has 0 saturated heterocycles. The first-order valence-electron chi connectivity index (χ1n) is 7.74. The van der Waals surface area contributed by atoms with E-state index >= 15 is 0 Å². The van der Waals surface area contributed by atoms with Crippen molar-refractivity contribution in [2.24, 2.45) is 0 Å². The Bertz CT molecular complexity index is 434. The van der Waals surface area contributed by atoms with Gasteiger partial charge in [-0.05, 0) is 6.42 Å². The summed E-state index contributed by atoms with van der Waals surface area (Å²) in [5.41, 5.74) is -0.612. The lowest BCUT2D eigenvalue weighted by Crippen LogP contribution is -2.06. The molecule has 0 amide bonds. The number of benzene rings is 1. The van der Waals surface area contributed by atoms with Gasteiger partial charge in [0.05, 0.1) is 5.56 Å². The van der Waals surface area contributed by atoms with Crippen LogP contribution >= 0.6 is 0 Å². The largest absolute Gasteiger partial charge is 0.294 e. The molecule has 4 heteroatoms. The van der Waals surface area contributed by atoms with Crippen LogP contribution in [0.2, 0.25) is 0 Å². The molecule has 21 heavy (non-hydrogen) atoms. The van der Waals surface area contributed by atoms with Crippen molar-refractivity contribution in [3.63, 3.8) is 0 Å². The first-order chi connectivity index (χ1) is 10.1. The van der Waals surface area contributed by atoms with E-state index in [1.807, 2.05) is 0 Å². The molecule has 1 nitrogen and oxygen atoms in total. The maximum Gasteiger partial charge on any atom is 0.168 e. The number of halogens is 3. The number of carbonyl (C=O) groups is 1. The molecule has 0 atom stereocenters. The predicted octanol–water partition coefficient (Wildman–Crippen LogP) is 5.82. The average molecular weight is 300 g/mol. The molecule has 1 rings (SSSR count). The molecule has 0 fully saturated rings. The van der Waals surface area contributed by atoms with Crippen molar-refractivity contribution >= 4 is 5.78 Å². The number of Topliss-reactive ketones (excluding diaryl/α,β-unsaturated/α-hetero) is 1. The zero-order chi connectivity index (χ0) is 15.7. The Kier molecular flexibility index (Phi) is 8.09. The summed E-state index contributed by atoms with van der Waals surface area (Å²) in [6.45, 7) is 2.17. The molecule has 0 unspecified atom stereocenters. The second-order valence-corrected chi connectivity index (χ2v) is 5.39. The molecule has 118 valence electrons. The lowest BCUT2D eigenvalue weighted by atomic mass is 10.0. The molecule has 0 heterocycles. The molecule has 1 aromatic rings. The van der Waals surface area contributed by atoms with Gasteiger partial charge in [-0.3, -0.25) is 4.79 Å². The number of rotatable bonds is 10. The Morgan fingerprint density at radius 1 is 0.857 bits per heavy atom. The van der Waals surface area contributed by atoms with Crippen molar-refractivity contribution in [2.75, 3.05) is 0 Å². The van der Waals surface area contributed by atoms with Crippen LogP contribution in [-0.4, -0.2) is 5.78 Å². The van der Waals surface area contributed by atoms with E-state index in [9.17, 15) is 18.0 Å². The standard InChI is InChI=1S/C17H23F3O/c1-2-3-4-5-6-7-8-9-10-16(21)17-14(19)11-13(18)12-15(17)20/h11-12H,2-10H2,1H3. The normalized spacial score (nSPS) is 10.9. The van der Waals surface area contributed by atoms with Gasteiger partial charge < -0.3 is 0 Å². The van der Waals surface area contributed by atoms with Crippen molar-refractivity contribution in [3.05, 3.63) is 35.1 Å². The highest BCUT2D eigenvalue weighted by molar-refractivity contribution is 5.96. The summed E-state index contributed by atoms with van der Waals surface area (Å²) < 4.78 is 39.6. The van der Waals surface area contributed by atoms with Crippen molar-refractivity contribution < 1.29 is 18.0 Å². The van der Waals surface area contributed by atoms with Crippen molar-refractivity contribution in [1.29, 1.82) is 0 Å². The van der Waals surface area contributed by atoms with Crippen LogP contribution in [0.25, 0.3) is 0 Å². The summed E-state index contributed by atoms with van der Waals surface area (Å²) in [5, 5.41) is 0. The monoisotopic (exact) mass is 300 g/mol. The second kappa shape index (κ2) is 9.59. The van der Waals surface area contributed by atoms with Crippen LogP contribution in [0.3, 0.4) is 0 Å². The van der Waals surface area contributed by atoms with E-state index in [2.05, 4.69) is 6.92 Å². The fraction of sp³-hybridized carbons (Fsp3) is 0.588. The highest BCUT2D eigenvalue weighted by atomic mass is 19.1.